The molecule has 0 unspecified atom stereocenters. The zero-order chi connectivity index (χ0) is 18.3. The van der Waals surface area contributed by atoms with Crippen LogP contribution in [0.2, 0.25) is 0 Å². The number of sulfone groups is 1. The van der Waals surface area contributed by atoms with Gasteiger partial charge < -0.3 is 8.83 Å². The Kier molecular flexibility index (Phi) is 3.96. The summed E-state index contributed by atoms with van der Waals surface area (Å²) in [6.45, 7) is 3.56. The Morgan fingerprint density at radius 3 is 2.31 bits per heavy atom. The van der Waals surface area contributed by atoms with Gasteiger partial charge in [0.1, 0.15) is 17.1 Å². The monoisotopic (exact) mass is 366 g/mol. The maximum Gasteiger partial charge on any atom is 0.178 e. The first kappa shape index (κ1) is 16.7. The first-order valence-corrected chi connectivity index (χ1v) is 10.0. The number of benzene rings is 2. The summed E-state index contributed by atoms with van der Waals surface area (Å²) in [5, 5.41) is 0.961. The Hall–Kier alpha value is -2.79. The summed E-state index contributed by atoms with van der Waals surface area (Å²) in [6, 6.07) is 16.7. The standard InChI is InChI=1S/C21H18O4S/c1-3-26(22,23)17-8-5-15(6-9-17)19-13-24-21-11-7-16(12-18(19)21)20-10-4-14(2)25-20/h4-13H,3H2,1-2H3. The van der Waals surface area contributed by atoms with E-state index in [1.54, 1.807) is 25.3 Å². The maximum absolute atomic E-state index is 12.0. The summed E-state index contributed by atoms with van der Waals surface area (Å²) in [5.41, 5.74) is 3.58. The van der Waals surface area contributed by atoms with E-state index in [1.165, 1.54) is 0 Å². The molecular formula is C21H18O4S. The number of rotatable bonds is 4. The fourth-order valence-electron chi connectivity index (χ4n) is 3.00. The molecule has 0 aliphatic carbocycles. The zero-order valence-electron chi connectivity index (χ0n) is 14.5. The summed E-state index contributed by atoms with van der Waals surface area (Å²) < 4.78 is 35.3. The predicted molar refractivity (Wildman–Crippen MR) is 102 cm³/mol. The van der Waals surface area contributed by atoms with Gasteiger partial charge in [-0.25, -0.2) is 8.42 Å². The normalized spacial score (nSPS) is 11.9. The van der Waals surface area contributed by atoms with Gasteiger partial charge in [-0.3, -0.25) is 0 Å². The van der Waals surface area contributed by atoms with Crippen molar-refractivity contribution >= 4 is 20.8 Å². The van der Waals surface area contributed by atoms with Gasteiger partial charge in [0.25, 0.3) is 0 Å². The zero-order valence-corrected chi connectivity index (χ0v) is 15.3. The van der Waals surface area contributed by atoms with Crippen molar-refractivity contribution in [1.29, 1.82) is 0 Å². The van der Waals surface area contributed by atoms with E-state index in [2.05, 4.69) is 0 Å². The molecule has 0 saturated carbocycles. The third-order valence-corrected chi connectivity index (χ3v) is 6.25. The molecule has 4 rings (SSSR count). The number of fused-ring (bicyclic) bond motifs is 1. The lowest BCUT2D eigenvalue weighted by molar-refractivity contribution is 0.548. The molecule has 26 heavy (non-hydrogen) atoms. The van der Waals surface area contributed by atoms with Gasteiger partial charge in [-0.1, -0.05) is 19.1 Å². The van der Waals surface area contributed by atoms with Crippen LogP contribution in [0.5, 0.6) is 0 Å². The van der Waals surface area contributed by atoms with Crippen LogP contribution in [0.4, 0.5) is 0 Å². The first-order valence-electron chi connectivity index (χ1n) is 8.39. The van der Waals surface area contributed by atoms with Crippen molar-refractivity contribution in [3.8, 4) is 22.5 Å². The third kappa shape index (κ3) is 2.84. The van der Waals surface area contributed by atoms with Crippen LogP contribution < -0.4 is 0 Å². The van der Waals surface area contributed by atoms with Crippen molar-refractivity contribution in [2.24, 2.45) is 0 Å². The van der Waals surface area contributed by atoms with E-state index in [9.17, 15) is 8.42 Å². The van der Waals surface area contributed by atoms with Crippen LogP contribution in [0.3, 0.4) is 0 Å². The van der Waals surface area contributed by atoms with Gasteiger partial charge in [-0.2, -0.15) is 0 Å². The van der Waals surface area contributed by atoms with Crippen molar-refractivity contribution in [2.45, 2.75) is 18.7 Å². The van der Waals surface area contributed by atoms with Gasteiger partial charge in [-0.15, -0.1) is 0 Å². The minimum atomic E-state index is -3.20. The van der Waals surface area contributed by atoms with E-state index in [0.717, 1.165) is 39.2 Å². The Balaban J connectivity index is 1.79. The Bertz CT molecular complexity index is 1180. The fourth-order valence-corrected chi connectivity index (χ4v) is 3.89. The van der Waals surface area contributed by atoms with Gasteiger partial charge in [0, 0.05) is 16.5 Å². The van der Waals surface area contributed by atoms with Crippen molar-refractivity contribution in [3.05, 3.63) is 66.6 Å². The average molecular weight is 366 g/mol. The SMILES string of the molecule is CCS(=O)(=O)c1ccc(-c2coc3ccc(-c4ccc(C)o4)cc23)cc1. The number of aryl methyl sites for hydroxylation is 1. The van der Waals surface area contributed by atoms with Gasteiger partial charge in [0.15, 0.2) is 9.84 Å². The molecule has 0 saturated heterocycles. The summed E-state index contributed by atoms with van der Waals surface area (Å²) in [7, 11) is -3.20. The highest BCUT2D eigenvalue weighted by Gasteiger charge is 2.14. The molecule has 0 aliphatic rings. The summed E-state index contributed by atoms with van der Waals surface area (Å²) in [6.07, 6.45) is 1.70. The highest BCUT2D eigenvalue weighted by molar-refractivity contribution is 7.91. The Morgan fingerprint density at radius 2 is 1.65 bits per heavy atom. The molecule has 4 nitrogen and oxygen atoms in total. The minimum Gasteiger partial charge on any atom is -0.464 e. The Labute approximate surface area is 152 Å². The molecule has 5 heteroatoms. The molecule has 0 radical (unpaired) electrons. The van der Waals surface area contributed by atoms with Crippen molar-refractivity contribution in [3.63, 3.8) is 0 Å². The van der Waals surface area contributed by atoms with Crippen molar-refractivity contribution < 1.29 is 17.3 Å². The second-order valence-electron chi connectivity index (χ2n) is 6.20. The number of hydrogen-bond acceptors (Lipinski definition) is 4. The van der Waals surface area contributed by atoms with Crippen molar-refractivity contribution in [1.82, 2.24) is 0 Å². The molecule has 0 bridgehead atoms. The van der Waals surface area contributed by atoms with Gasteiger partial charge in [0.2, 0.25) is 0 Å². The topological polar surface area (TPSA) is 60.4 Å². The molecule has 0 fully saturated rings. The maximum atomic E-state index is 12.0. The lowest BCUT2D eigenvalue weighted by Gasteiger charge is -2.04. The van der Waals surface area contributed by atoms with E-state index in [0.29, 0.717) is 4.90 Å². The molecular weight excluding hydrogens is 348 g/mol. The third-order valence-electron chi connectivity index (χ3n) is 4.50. The number of hydrogen-bond donors (Lipinski definition) is 0. The van der Waals surface area contributed by atoms with E-state index in [1.807, 2.05) is 49.4 Å². The molecule has 2 heterocycles. The van der Waals surface area contributed by atoms with E-state index < -0.39 is 9.84 Å². The van der Waals surface area contributed by atoms with Crippen molar-refractivity contribution in [2.75, 3.05) is 5.75 Å². The molecule has 2 aromatic heterocycles. The van der Waals surface area contributed by atoms with E-state index in [-0.39, 0.29) is 5.75 Å². The largest absolute Gasteiger partial charge is 0.464 e. The van der Waals surface area contributed by atoms with Gasteiger partial charge in [-0.05, 0) is 55.0 Å². The van der Waals surface area contributed by atoms with Crippen LogP contribution in [-0.2, 0) is 9.84 Å². The molecule has 0 aliphatic heterocycles. The fraction of sp³-hybridized carbons (Fsp3) is 0.143. The summed E-state index contributed by atoms with van der Waals surface area (Å²) in [5.74, 6) is 1.76. The summed E-state index contributed by atoms with van der Waals surface area (Å²) in [4.78, 5) is 0.336. The van der Waals surface area contributed by atoms with Gasteiger partial charge in [0.05, 0.1) is 16.9 Å². The van der Waals surface area contributed by atoms with Crippen LogP contribution in [0.25, 0.3) is 33.4 Å². The molecule has 0 atom stereocenters. The molecule has 0 N–H and O–H groups in total. The lowest BCUT2D eigenvalue weighted by Crippen LogP contribution is -2.02. The smallest absolute Gasteiger partial charge is 0.178 e. The van der Waals surface area contributed by atoms with Crippen LogP contribution in [0, 0.1) is 6.92 Å². The van der Waals surface area contributed by atoms with Crippen LogP contribution in [-0.4, -0.2) is 14.2 Å². The predicted octanol–water partition coefficient (Wildman–Crippen LogP) is 5.46. The molecule has 0 spiro atoms. The Morgan fingerprint density at radius 1 is 0.923 bits per heavy atom. The molecule has 132 valence electrons. The summed E-state index contributed by atoms with van der Waals surface area (Å²) >= 11 is 0. The van der Waals surface area contributed by atoms with Crippen LogP contribution in [0.1, 0.15) is 12.7 Å². The van der Waals surface area contributed by atoms with E-state index in [4.69, 9.17) is 8.83 Å². The number of furan rings is 2. The van der Waals surface area contributed by atoms with Gasteiger partial charge >= 0.3 is 0 Å². The van der Waals surface area contributed by atoms with Crippen LogP contribution >= 0.6 is 0 Å². The first-order chi connectivity index (χ1) is 12.5. The molecule has 4 aromatic rings. The average Bonchev–Trinajstić information content (AvgIpc) is 3.27. The quantitative estimate of drug-likeness (QED) is 0.481. The minimum absolute atomic E-state index is 0.0902. The second-order valence-corrected chi connectivity index (χ2v) is 8.48. The molecule has 2 aromatic carbocycles. The second kappa shape index (κ2) is 6.18. The van der Waals surface area contributed by atoms with Crippen LogP contribution in [0.15, 0.2) is 74.6 Å². The lowest BCUT2D eigenvalue weighted by atomic mass is 10.0. The van der Waals surface area contributed by atoms with E-state index >= 15 is 0 Å². The highest BCUT2D eigenvalue weighted by atomic mass is 32.2. The molecule has 0 amide bonds. The highest BCUT2D eigenvalue weighted by Crippen LogP contribution is 2.34.